The zero-order valence-electron chi connectivity index (χ0n) is 32.0. The molecule has 0 amide bonds. The number of hydrogen-bond acceptors (Lipinski definition) is 0. The van der Waals surface area contributed by atoms with E-state index in [1.807, 2.05) is 0 Å². The van der Waals surface area contributed by atoms with Crippen LogP contribution < -0.4 is 0 Å². The Hall–Kier alpha value is -7.02. The van der Waals surface area contributed by atoms with Crippen molar-refractivity contribution in [1.29, 1.82) is 0 Å². The average Bonchev–Trinajstić information content (AvgIpc) is 3.49. The molecule has 11 aromatic rings. The molecule has 0 heterocycles. The van der Waals surface area contributed by atoms with E-state index in [4.69, 9.17) is 0 Å². The van der Waals surface area contributed by atoms with Crippen molar-refractivity contribution in [1.82, 2.24) is 0 Å². The monoisotopic (exact) mass is 722 g/mol. The third-order valence-electron chi connectivity index (χ3n) is 13.0. The Morgan fingerprint density at radius 2 is 0.702 bits per heavy atom. The molecule has 0 fully saturated rings. The molecular weight excluding hydrogens is 685 g/mol. The molecule has 0 aliphatic heterocycles. The minimum absolute atomic E-state index is 0.119. The Morgan fingerprint density at radius 3 is 1.40 bits per heavy atom. The normalized spacial score (nSPS) is 13.2. The van der Waals surface area contributed by atoms with Crippen LogP contribution in [0, 0.1) is 0 Å². The quantitative estimate of drug-likeness (QED) is 0.159. The molecule has 0 heteroatoms. The zero-order chi connectivity index (χ0) is 37.8. The highest BCUT2D eigenvalue weighted by Gasteiger charge is 2.36. The largest absolute Gasteiger partial charge is 0.0616 e. The fourth-order valence-corrected chi connectivity index (χ4v) is 9.99. The number of hydrogen-bond donors (Lipinski definition) is 0. The van der Waals surface area contributed by atoms with Gasteiger partial charge in [-0.3, -0.25) is 0 Å². The molecule has 0 N–H and O–H groups in total. The molecular formula is C57H38. The number of rotatable bonds is 3. The first-order valence-corrected chi connectivity index (χ1v) is 20.1. The highest BCUT2D eigenvalue weighted by molar-refractivity contribution is 6.29. The maximum absolute atomic E-state index is 2.45. The summed E-state index contributed by atoms with van der Waals surface area (Å²) in [6.07, 6.45) is 0. The maximum Gasteiger partial charge on any atom is 0.0159 e. The molecule has 0 saturated carbocycles. The van der Waals surface area contributed by atoms with Gasteiger partial charge < -0.3 is 0 Å². The Morgan fingerprint density at radius 1 is 0.263 bits per heavy atom. The molecule has 0 unspecified atom stereocenters. The van der Waals surface area contributed by atoms with Crippen LogP contribution in [-0.4, -0.2) is 0 Å². The summed E-state index contributed by atoms with van der Waals surface area (Å²) in [6.45, 7) is 4.77. The first kappa shape index (κ1) is 32.2. The van der Waals surface area contributed by atoms with E-state index < -0.39 is 0 Å². The molecule has 0 nitrogen and oxygen atoms in total. The Balaban J connectivity index is 0.948. The van der Waals surface area contributed by atoms with Crippen molar-refractivity contribution in [3.8, 4) is 44.5 Å². The second-order valence-corrected chi connectivity index (χ2v) is 16.5. The van der Waals surface area contributed by atoms with Gasteiger partial charge in [0.25, 0.3) is 0 Å². The smallest absolute Gasteiger partial charge is 0.0159 e. The van der Waals surface area contributed by atoms with Gasteiger partial charge in [0, 0.05) is 5.41 Å². The van der Waals surface area contributed by atoms with Gasteiger partial charge in [0.05, 0.1) is 0 Å². The summed E-state index contributed by atoms with van der Waals surface area (Å²) in [7, 11) is 0. The molecule has 0 spiro atoms. The van der Waals surface area contributed by atoms with E-state index in [1.54, 1.807) is 0 Å². The van der Waals surface area contributed by atoms with Gasteiger partial charge in [-0.2, -0.15) is 0 Å². The first-order valence-electron chi connectivity index (χ1n) is 20.1. The summed E-state index contributed by atoms with van der Waals surface area (Å²) >= 11 is 0. The van der Waals surface area contributed by atoms with Crippen LogP contribution in [0.2, 0.25) is 0 Å². The SMILES string of the molecule is CC1(C)c2cc(-c3ccc4ccccc4c3)ccc2-c2ccc(-c3ccc4ccc(-c5cc6ccc7ccc8ccccc8c7c6c6ccccc56)cc4c3)cc21. The minimum Gasteiger partial charge on any atom is -0.0616 e. The Labute approximate surface area is 332 Å². The standard InChI is InChI=1S/C57H38/c1-57(2)53-33-42(40-21-15-35-9-3-4-11-39(35)29-40)25-27-49(53)50-28-26-43(34-54(50)57)41-22-16-36-17-23-44(31-46(36)30-41)52-32-45-24-20-38-19-18-37-10-5-6-12-47(37)55(38)56(45)51-14-8-7-13-48(51)52/h3-34H,1-2H3. The van der Waals surface area contributed by atoms with Gasteiger partial charge in [0.2, 0.25) is 0 Å². The number of fused-ring (bicyclic) bond motifs is 12. The van der Waals surface area contributed by atoms with E-state index >= 15 is 0 Å². The average molecular weight is 723 g/mol. The predicted molar refractivity (Wildman–Crippen MR) is 245 cm³/mol. The van der Waals surface area contributed by atoms with Gasteiger partial charge in [-0.1, -0.05) is 172 Å². The van der Waals surface area contributed by atoms with E-state index in [2.05, 4.69) is 208 Å². The van der Waals surface area contributed by atoms with E-state index in [0.29, 0.717) is 0 Å². The third kappa shape index (κ3) is 4.87. The van der Waals surface area contributed by atoms with Crippen LogP contribution in [0.25, 0.3) is 109 Å². The van der Waals surface area contributed by atoms with Crippen molar-refractivity contribution in [2.24, 2.45) is 0 Å². The first-order chi connectivity index (χ1) is 28.0. The summed E-state index contributed by atoms with van der Waals surface area (Å²) in [6, 6.07) is 72.8. The lowest BCUT2D eigenvalue weighted by Crippen LogP contribution is -2.15. The maximum atomic E-state index is 2.45. The van der Waals surface area contributed by atoms with Crippen LogP contribution in [-0.2, 0) is 5.41 Å². The van der Waals surface area contributed by atoms with Crippen LogP contribution in [0.5, 0.6) is 0 Å². The lowest BCUT2D eigenvalue weighted by atomic mass is 9.80. The minimum atomic E-state index is -0.119. The van der Waals surface area contributed by atoms with Crippen LogP contribution in [0.15, 0.2) is 194 Å². The van der Waals surface area contributed by atoms with Crippen molar-refractivity contribution in [3.05, 3.63) is 205 Å². The van der Waals surface area contributed by atoms with Crippen molar-refractivity contribution in [2.75, 3.05) is 0 Å². The van der Waals surface area contributed by atoms with E-state index in [-0.39, 0.29) is 5.41 Å². The molecule has 57 heavy (non-hydrogen) atoms. The summed E-state index contributed by atoms with van der Waals surface area (Å²) in [4.78, 5) is 0. The predicted octanol–water partition coefficient (Wildman–Crippen LogP) is 15.9. The highest BCUT2D eigenvalue weighted by atomic mass is 14.4. The summed E-state index contributed by atoms with van der Waals surface area (Å²) in [5.41, 5.74) is 12.9. The van der Waals surface area contributed by atoms with Crippen LogP contribution >= 0.6 is 0 Å². The molecule has 12 rings (SSSR count). The van der Waals surface area contributed by atoms with Gasteiger partial charge in [-0.15, -0.1) is 0 Å². The highest BCUT2D eigenvalue weighted by Crippen LogP contribution is 2.51. The van der Waals surface area contributed by atoms with Crippen LogP contribution in [0.1, 0.15) is 25.0 Å². The van der Waals surface area contributed by atoms with Gasteiger partial charge in [-0.05, 0) is 157 Å². The molecule has 1 aliphatic rings. The zero-order valence-corrected chi connectivity index (χ0v) is 32.0. The van der Waals surface area contributed by atoms with Gasteiger partial charge in [0.1, 0.15) is 0 Å². The van der Waals surface area contributed by atoms with Gasteiger partial charge in [0.15, 0.2) is 0 Å². The lowest BCUT2D eigenvalue weighted by molar-refractivity contribution is 0.661. The van der Waals surface area contributed by atoms with Crippen molar-refractivity contribution < 1.29 is 0 Å². The van der Waals surface area contributed by atoms with Crippen LogP contribution in [0.4, 0.5) is 0 Å². The molecule has 266 valence electrons. The van der Waals surface area contributed by atoms with E-state index in [0.717, 1.165) is 0 Å². The topological polar surface area (TPSA) is 0 Å². The summed E-state index contributed by atoms with van der Waals surface area (Å²) in [5.74, 6) is 0. The van der Waals surface area contributed by atoms with Gasteiger partial charge in [-0.25, -0.2) is 0 Å². The molecule has 0 saturated heterocycles. The van der Waals surface area contributed by atoms with Gasteiger partial charge >= 0.3 is 0 Å². The Bertz CT molecular complexity index is 3490. The van der Waals surface area contributed by atoms with Crippen molar-refractivity contribution in [3.63, 3.8) is 0 Å². The molecule has 0 radical (unpaired) electrons. The number of benzene rings is 11. The second-order valence-electron chi connectivity index (χ2n) is 16.5. The van der Waals surface area contributed by atoms with E-state index in [9.17, 15) is 0 Å². The summed E-state index contributed by atoms with van der Waals surface area (Å²) < 4.78 is 0. The fourth-order valence-electron chi connectivity index (χ4n) is 9.99. The summed E-state index contributed by atoms with van der Waals surface area (Å²) in [5, 5.41) is 15.4. The fraction of sp³-hybridized carbons (Fsp3) is 0.0526. The molecule has 0 aromatic heterocycles. The molecule has 11 aromatic carbocycles. The molecule has 0 bridgehead atoms. The molecule has 0 atom stereocenters. The van der Waals surface area contributed by atoms with E-state index in [1.165, 1.54) is 120 Å². The second kappa shape index (κ2) is 12.0. The van der Waals surface area contributed by atoms with Crippen LogP contribution in [0.3, 0.4) is 0 Å². The lowest BCUT2D eigenvalue weighted by Gasteiger charge is -2.23. The molecule has 1 aliphatic carbocycles. The van der Waals surface area contributed by atoms with Crippen molar-refractivity contribution >= 4 is 64.6 Å². The third-order valence-corrected chi connectivity index (χ3v) is 13.0. The van der Waals surface area contributed by atoms with Crippen molar-refractivity contribution in [2.45, 2.75) is 19.3 Å². The Kier molecular flexibility index (Phi) is 6.78.